The first-order chi connectivity index (χ1) is 11.1. The van der Waals surface area contributed by atoms with Gasteiger partial charge in [-0.2, -0.15) is 0 Å². The van der Waals surface area contributed by atoms with E-state index < -0.39 is 0 Å². The summed E-state index contributed by atoms with van der Waals surface area (Å²) in [6.45, 7) is 1.98. The number of hydrogen-bond acceptors (Lipinski definition) is 2. The van der Waals surface area contributed by atoms with Crippen LogP contribution >= 0.6 is 0 Å². The quantitative estimate of drug-likeness (QED) is 0.780. The molecule has 3 heteroatoms. The third-order valence-corrected chi connectivity index (χ3v) is 4.28. The van der Waals surface area contributed by atoms with E-state index in [1.807, 2.05) is 61.5 Å². The molecule has 0 aliphatic carbocycles. The molecule has 1 unspecified atom stereocenters. The van der Waals surface area contributed by atoms with Gasteiger partial charge in [-0.1, -0.05) is 54.6 Å². The summed E-state index contributed by atoms with van der Waals surface area (Å²) in [5, 5.41) is 12.1. The van der Waals surface area contributed by atoms with Crippen molar-refractivity contribution in [1.82, 2.24) is 4.90 Å². The number of aromatic hydroxyl groups is 1. The van der Waals surface area contributed by atoms with Gasteiger partial charge in [0.25, 0.3) is 5.91 Å². The molecule has 3 rings (SSSR count). The van der Waals surface area contributed by atoms with Crippen LogP contribution in [-0.2, 0) is 0 Å². The first kappa shape index (κ1) is 15.1. The second kappa shape index (κ2) is 6.13. The normalized spacial score (nSPS) is 12.1. The fourth-order valence-corrected chi connectivity index (χ4v) is 2.72. The maximum absolute atomic E-state index is 12.8. The third kappa shape index (κ3) is 2.90. The molecule has 0 radical (unpaired) electrons. The summed E-state index contributed by atoms with van der Waals surface area (Å²) in [6, 6.07) is 20.9. The van der Waals surface area contributed by atoms with E-state index in [2.05, 4.69) is 0 Å². The number of phenols is 1. The van der Waals surface area contributed by atoms with Gasteiger partial charge in [-0.25, -0.2) is 0 Å². The van der Waals surface area contributed by atoms with Crippen molar-refractivity contribution in [2.75, 3.05) is 7.05 Å². The lowest BCUT2D eigenvalue weighted by atomic mass is 10.0. The molecule has 3 nitrogen and oxygen atoms in total. The van der Waals surface area contributed by atoms with Crippen molar-refractivity contribution in [2.45, 2.75) is 13.0 Å². The number of rotatable bonds is 3. The molecule has 1 atom stereocenters. The molecule has 3 aromatic rings. The zero-order chi connectivity index (χ0) is 16.4. The van der Waals surface area contributed by atoms with Crippen LogP contribution in [0.25, 0.3) is 10.8 Å². The number of phenolic OH excluding ortho intramolecular Hbond substituents is 1. The summed E-state index contributed by atoms with van der Waals surface area (Å²) >= 11 is 0. The standard InChI is InChI=1S/C20H19NO2/c1-14(15-8-4-3-5-9-15)21(2)20(23)18-12-16-10-6-7-11-17(16)13-19(18)22/h3-14,22H,1-2H3. The minimum Gasteiger partial charge on any atom is -0.507 e. The molecule has 0 spiro atoms. The van der Waals surface area contributed by atoms with Gasteiger partial charge in [-0.15, -0.1) is 0 Å². The van der Waals surface area contributed by atoms with Gasteiger partial charge in [-0.3, -0.25) is 4.79 Å². The number of benzene rings is 3. The lowest BCUT2D eigenvalue weighted by molar-refractivity contribution is 0.0740. The molecule has 0 fully saturated rings. The van der Waals surface area contributed by atoms with Gasteiger partial charge in [-0.05, 0) is 35.4 Å². The molecule has 23 heavy (non-hydrogen) atoms. The van der Waals surface area contributed by atoms with E-state index in [1.165, 1.54) is 0 Å². The summed E-state index contributed by atoms with van der Waals surface area (Å²) in [5.41, 5.74) is 1.39. The van der Waals surface area contributed by atoms with Crippen LogP contribution in [0.2, 0.25) is 0 Å². The molecule has 1 amide bonds. The summed E-state index contributed by atoms with van der Waals surface area (Å²) < 4.78 is 0. The number of carbonyl (C=O) groups excluding carboxylic acids is 1. The van der Waals surface area contributed by atoms with Gasteiger partial charge in [0.05, 0.1) is 11.6 Å². The number of fused-ring (bicyclic) bond motifs is 1. The Bertz CT molecular complexity index is 843. The predicted octanol–water partition coefficient (Wildman–Crippen LogP) is 4.38. The Morgan fingerprint density at radius 3 is 2.17 bits per heavy atom. The lowest BCUT2D eigenvalue weighted by Gasteiger charge is -2.26. The molecular formula is C20H19NO2. The summed E-state index contributed by atoms with van der Waals surface area (Å²) in [4.78, 5) is 14.4. The lowest BCUT2D eigenvalue weighted by Crippen LogP contribution is -2.29. The third-order valence-electron chi connectivity index (χ3n) is 4.28. The predicted molar refractivity (Wildman–Crippen MR) is 92.6 cm³/mol. The molecule has 0 aliphatic rings. The van der Waals surface area contributed by atoms with Crippen LogP contribution in [0.5, 0.6) is 5.75 Å². The van der Waals surface area contributed by atoms with Crippen LogP contribution in [0, 0.1) is 0 Å². The molecular weight excluding hydrogens is 286 g/mol. The average Bonchev–Trinajstić information content (AvgIpc) is 2.60. The van der Waals surface area contributed by atoms with Gasteiger partial charge < -0.3 is 10.0 Å². The fraction of sp³-hybridized carbons (Fsp3) is 0.150. The zero-order valence-corrected chi connectivity index (χ0v) is 13.2. The van der Waals surface area contributed by atoms with Crippen molar-refractivity contribution >= 4 is 16.7 Å². The highest BCUT2D eigenvalue weighted by Gasteiger charge is 2.21. The maximum Gasteiger partial charge on any atom is 0.257 e. The number of nitrogens with zero attached hydrogens (tertiary/aromatic N) is 1. The molecule has 0 saturated heterocycles. The van der Waals surface area contributed by atoms with E-state index in [9.17, 15) is 9.90 Å². The van der Waals surface area contributed by atoms with Gasteiger partial charge in [0.15, 0.2) is 0 Å². The van der Waals surface area contributed by atoms with E-state index in [0.717, 1.165) is 16.3 Å². The van der Waals surface area contributed by atoms with Crippen LogP contribution in [0.3, 0.4) is 0 Å². The summed E-state index contributed by atoms with van der Waals surface area (Å²) in [5.74, 6) is -0.176. The molecule has 3 aromatic carbocycles. The molecule has 116 valence electrons. The highest BCUT2D eigenvalue weighted by molar-refractivity contribution is 6.01. The van der Waals surface area contributed by atoms with Crippen molar-refractivity contribution in [2.24, 2.45) is 0 Å². The van der Waals surface area contributed by atoms with Crippen LogP contribution in [0.4, 0.5) is 0 Å². The Balaban J connectivity index is 1.95. The average molecular weight is 305 g/mol. The van der Waals surface area contributed by atoms with Crippen molar-refractivity contribution in [3.8, 4) is 5.75 Å². The minimum absolute atomic E-state index is 0.0146. The van der Waals surface area contributed by atoms with Crippen LogP contribution in [0.15, 0.2) is 66.7 Å². The van der Waals surface area contributed by atoms with E-state index in [-0.39, 0.29) is 17.7 Å². The first-order valence-corrected chi connectivity index (χ1v) is 7.62. The van der Waals surface area contributed by atoms with Crippen molar-refractivity contribution in [1.29, 1.82) is 0 Å². The Labute approximate surface area is 135 Å². The van der Waals surface area contributed by atoms with Crippen LogP contribution in [-0.4, -0.2) is 23.0 Å². The minimum atomic E-state index is -0.190. The van der Waals surface area contributed by atoms with E-state index in [0.29, 0.717) is 5.56 Å². The van der Waals surface area contributed by atoms with E-state index >= 15 is 0 Å². The topological polar surface area (TPSA) is 40.5 Å². The van der Waals surface area contributed by atoms with Crippen molar-refractivity contribution in [3.05, 3.63) is 77.9 Å². The van der Waals surface area contributed by atoms with Gasteiger partial charge in [0.2, 0.25) is 0 Å². The summed E-state index contributed by atoms with van der Waals surface area (Å²) in [6.07, 6.45) is 0. The molecule has 0 aromatic heterocycles. The van der Waals surface area contributed by atoms with Gasteiger partial charge >= 0.3 is 0 Å². The van der Waals surface area contributed by atoms with E-state index in [4.69, 9.17) is 0 Å². The van der Waals surface area contributed by atoms with Crippen LogP contribution < -0.4 is 0 Å². The maximum atomic E-state index is 12.8. The molecule has 0 bridgehead atoms. The second-order valence-corrected chi connectivity index (χ2v) is 5.72. The summed E-state index contributed by atoms with van der Waals surface area (Å²) in [7, 11) is 1.76. The number of carbonyl (C=O) groups is 1. The monoisotopic (exact) mass is 305 g/mol. The largest absolute Gasteiger partial charge is 0.507 e. The van der Waals surface area contributed by atoms with Crippen molar-refractivity contribution < 1.29 is 9.90 Å². The van der Waals surface area contributed by atoms with Gasteiger partial charge in [0, 0.05) is 7.05 Å². The van der Waals surface area contributed by atoms with Crippen LogP contribution in [0.1, 0.15) is 28.9 Å². The molecule has 0 aliphatic heterocycles. The van der Waals surface area contributed by atoms with Gasteiger partial charge in [0.1, 0.15) is 5.75 Å². The zero-order valence-electron chi connectivity index (χ0n) is 13.2. The number of hydrogen-bond donors (Lipinski definition) is 1. The highest BCUT2D eigenvalue weighted by atomic mass is 16.3. The number of amides is 1. The van der Waals surface area contributed by atoms with Crippen molar-refractivity contribution in [3.63, 3.8) is 0 Å². The molecule has 1 N–H and O–H groups in total. The fourth-order valence-electron chi connectivity index (χ4n) is 2.72. The molecule has 0 saturated carbocycles. The smallest absolute Gasteiger partial charge is 0.257 e. The highest BCUT2D eigenvalue weighted by Crippen LogP contribution is 2.28. The Kier molecular flexibility index (Phi) is 4.02. The second-order valence-electron chi connectivity index (χ2n) is 5.72. The first-order valence-electron chi connectivity index (χ1n) is 7.62. The Hall–Kier alpha value is -2.81. The Morgan fingerprint density at radius 1 is 0.957 bits per heavy atom. The SMILES string of the molecule is CC(c1ccccc1)N(C)C(=O)c1cc2ccccc2cc1O. The Morgan fingerprint density at radius 2 is 1.52 bits per heavy atom. The molecule has 0 heterocycles. The van der Waals surface area contributed by atoms with E-state index in [1.54, 1.807) is 24.1 Å².